The molecule has 1 heterocycles. The van der Waals surface area contributed by atoms with Crippen LogP contribution in [0, 0.1) is 10.1 Å². The number of halogens is 1. The molecule has 114 valence electrons. The van der Waals surface area contributed by atoms with Gasteiger partial charge in [-0.2, -0.15) is 0 Å². The normalized spacial score (nSPS) is 20.0. The maximum Gasteiger partial charge on any atom is 0.319 e. The minimum absolute atomic E-state index is 0.0263. The lowest BCUT2D eigenvalue weighted by Crippen LogP contribution is -2.38. The third kappa shape index (κ3) is 4.05. The summed E-state index contributed by atoms with van der Waals surface area (Å²) in [4.78, 5) is 21.7. The van der Waals surface area contributed by atoms with Gasteiger partial charge in [0.25, 0.3) is 5.69 Å². The summed E-state index contributed by atoms with van der Waals surface area (Å²) < 4.78 is 22.6. The standard InChI is InChI=1S/C11H12ClN3O5S/c12-9-5-8(15(17)18)1-2-10(9)14-11(16)13-7-3-4-21(19,20)6-7/h1-2,5,7H,3-4,6H2,(H2,13,14,16)/t7-/m0/s1. The van der Waals surface area contributed by atoms with Crippen LogP contribution in [0.1, 0.15) is 6.42 Å². The number of rotatable bonds is 3. The fraction of sp³-hybridized carbons (Fsp3) is 0.364. The number of nitro benzene ring substituents is 1. The van der Waals surface area contributed by atoms with Gasteiger partial charge < -0.3 is 10.6 Å². The Labute approximate surface area is 125 Å². The van der Waals surface area contributed by atoms with Gasteiger partial charge >= 0.3 is 6.03 Å². The number of non-ortho nitro benzene ring substituents is 1. The summed E-state index contributed by atoms with van der Waals surface area (Å²) in [5, 5.41) is 15.6. The van der Waals surface area contributed by atoms with Crippen molar-refractivity contribution in [2.24, 2.45) is 0 Å². The molecule has 21 heavy (non-hydrogen) atoms. The molecule has 0 aromatic heterocycles. The van der Waals surface area contributed by atoms with Gasteiger partial charge in [-0.05, 0) is 12.5 Å². The molecule has 0 unspecified atom stereocenters. The molecule has 1 aromatic rings. The van der Waals surface area contributed by atoms with Crippen molar-refractivity contribution in [2.45, 2.75) is 12.5 Å². The molecule has 0 saturated carbocycles. The van der Waals surface area contributed by atoms with E-state index in [-0.39, 0.29) is 27.9 Å². The summed E-state index contributed by atoms with van der Waals surface area (Å²) in [6, 6.07) is 2.60. The Morgan fingerprint density at radius 2 is 2.14 bits per heavy atom. The fourth-order valence-corrected chi connectivity index (χ4v) is 3.87. The Bertz CT molecular complexity index is 691. The summed E-state index contributed by atoms with van der Waals surface area (Å²) >= 11 is 5.84. The molecule has 0 radical (unpaired) electrons. The van der Waals surface area contributed by atoms with E-state index in [0.717, 1.165) is 6.07 Å². The van der Waals surface area contributed by atoms with Crippen molar-refractivity contribution in [3.8, 4) is 0 Å². The first kappa shape index (κ1) is 15.5. The largest absolute Gasteiger partial charge is 0.334 e. The van der Waals surface area contributed by atoms with E-state index in [9.17, 15) is 23.3 Å². The summed E-state index contributed by atoms with van der Waals surface area (Å²) in [5.74, 6) is -0.0371. The lowest BCUT2D eigenvalue weighted by molar-refractivity contribution is -0.384. The minimum atomic E-state index is -3.08. The van der Waals surface area contributed by atoms with E-state index in [0.29, 0.717) is 6.42 Å². The second kappa shape index (κ2) is 5.86. The molecule has 1 saturated heterocycles. The average molecular weight is 334 g/mol. The first-order valence-electron chi connectivity index (χ1n) is 5.99. The molecule has 8 nitrogen and oxygen atoms in total. The van der Waals surface area contributed by atoms with Gasteiger partial charge in [0, 0.05) is 18.2 Å². The van der Waals surface area contributed by atoms with Crippen molar-refractivity contribution in [1.82, 2.24) is 5.32 Å². The van der Waals surface area contributed by atoms with E-state index in [1.54, 1.807) is 0 Å². The number of anilines is 1. The summed E-state index contributed by atoms with van der Waals surface area (Å²) in [7, 11) is -3.08. The van der Waals surface area contributed by atoms with Crippen molar-refractivity contribution < 1.29 is 18.1 Å². The van der Waals surface area contributed by atoms with Gasteiger partial charge in [-0.3, -0.25) is 10.1 Å². The molecular formula is C11H12ClN3O5S. The highest BCUT2D eigenvalue weighted by molar-refractivity contribution is 7.91. The van der Waals surface area contributed by atoms with Crippen molar-refractivity contribution in [2.75, 3.05) is 16.8 Å². The Morgan fingerprint density at radius 1 is 1.43 bits per heavy atom. The van der Waals surface area contributed by atoms with Crippen LogP contribution in [0.4, 0.5) is 16.2 Å². The van der Waals surface area contributed by atoms with Crippen LogP contribution in [0.3, 0.4) is 0 Å². The monoisotopic (exact) mass is 333 g/mol. The summed E-state index contributed by atoms with van der Waals surface area (Å²) in [5.41, 5.74) is 0.0217. The number of hydrogen-bond donors (Lipinski definition) is 2. The van der Waals surface area contributed by atoms with E-state index in [4.69, 9.17) is 11.6 Å². The maximum absolute atomic E-state index is 11.7. The van der Waals surface area contributed by atoms with Gasteiger partial charge in [-0.15, -0.1) is 0 Å². The molecule has 2 amide bonds. The molecule has 1 aromatic carbocycles. The minimum Gasteiger partial charge on any atom is -0.334 e. The van der Waals surface area contributed by atoms with Crippen LogP contribution < -0.4 is 10.6 Å². The van der Waals surface area contributed by atoms with E-state index in [2.05, 4.69) is 10.6 Å². The van der Waals surface area contributed by atoms with E-state index >= 15 is 0 Å². The Hall–Kier alpha value is -1.87. The molecule has 1 aliphatic rings. The Balaban J connectivity index is 1.98. The topological polar surface area (TPSA) is 118 Å². The SMILES string of the molecule is O=C(Nc1ccc([N+](=O)[O-])cc1Cl)N[C@H]1CCS(=O)(=O)C1. The number of carbonyl (C=O) groups excluding carboxylic acids is 1. The molecule has 0 bridgehead atoms. The molecule has 1 aliphatic heterocycles. The van der Waals surface area contributed by atoms with Crippen molar-refractivity contribution in [3.05, 3.63) is 33.3 Å². The Morgan fingerprint density at radius 3 is 2.67 bits per heavy atom. The summed E-state index contributed by atoms with van der Waals surface area (Å²) in [6.45, 7) is 0. The molecule has 10 heteroatoms. The molecule has 2 rings (SSSR count). The first-order valence-corrected chi connectivity index (χ1v) is 8.19. The quantitative estimate of drug-likeness (QED) is 0.642. The highest BCUT2D eigenvalue weighted by Crippen LogP contribution is 2.26. The van der Waals surface area contributed by atoms with Crippen LogP contribution in [0.15, 0.2) is 18.2 Å². The Kier molecular flexibility index (Phi) is 4.33. The van der Waals surface area contributed by atoms with E-state index < -0.39 is 26.8 Å². The highest BCUT2D eigenvalue weighted by atomic mass is 35.5. The smallest absolute Gasteiger partial charge is 0.319 e. The number of hydrogen-bond acceptors (Lipinski definition) is 5. The lowest BCUT2D eigenvalue weighted by atomic mass is 10.2. The van der Waals surface area contributed by atoms with E-state index in [1.165, 1.54) is 12.1 Å². The second-order valence-corrected chi connectivity index (χ2v) is 7.26. The van der Waals surface area contributed by atoms with Gasteiger partial charge in [0.05, 0.1) is 27.1 Å². The molecule has 0 aliphatic carbocycles. The average Bonchev–Trinajstić information content (AvgIpc) is 2.70. The van der Waals surface area contributed by atoms with Crippen molar-refractivity contribution >= 4 is 38.8 Å². The zero-order valence-corrected chi connectivity index (χ0v) is 12.3. The fourth-order valence-electron chi connectivity index (χ4n) is 1.97. The second-order valence-electron chi connectivity index (χ2n) is 4.62. The van der Waals surface area contributed by atoms with Crippen LogP contribution in [0.25, 0.3) is 0 Å². The van der Waals surface area contributed by atoms with Crippen molar-refractivity contribution in [1.29, 1.82) is 0 Å². The molecule has 1 fully saturated rings. The van der Waals surface area contributed by atoms with Gasteiger partial charge in [0.2, 0.25) is 0 Å². The van der Waals surface area contributed by atoms with Gasteiger partial charge in [-0.25, -0.2) is 13.2 Å². The van der Waals surface area contributed by atoms with Crippen LogP contribution >= 0.6 is 11.6 Å². The number of nitrogens with one attached hydrogen (secondary N) is 2. The van der Waals surface area contributed by atoms with Crippen LogP contribution in [-0.4, -0.2) is 36.9 Å². The number of nitrogens with zero attached hydrogens (tertiary/aromatic N) is 1. The molecule has 0 spiro atoms. The van der Waals surface area contributed by atoms with Crippen LogP contribution in [-0.2, 0) is 9.84 Å². The molecule has 2 N–H and O–H groups in total. The van der Waals surface area contributed by atoms with E-state index in [1.807, 2.05) is 0 Å². The van der Waals surface area contributed by atoms with Crippen LogP contribution in [0.5, 0.6) is 0 Å². The first-order chi connectivity index (χ1) is 9.77. The number of urea groups is 1. The number of amides is 2. The number of carbonyl (C=O) groups is 1. The third-order valence-corrected chi connectivity index (χ3v) is 5.06. The van der Waals surface area contributed by atoms with Gasteiger partial charge in [0.1, 0.15) is 0 Å². The molecule has 1 atom stereocenters. The zero-order chi connectivity index (χ0) is 15.6. The predicted molar refractivity (Wildman–Crippen MR) is 77.3 cm³/mol. The highest BCUT2D eigenvalue weighted by Gasteiger charge is 2.29. The molecular weight excluding hydrogens is 322 g/mol. The number of sulfone groups is 1. The van der Waals surface area contributed by atoms with Gasteiger partial charge in [0.15, 0.2) is 9.84 Å². The lowest BCUT2D eigenvalue weighted by Gasteiger charge is -2.12. The zero-order valence-electron chi connectivity index (χ0n) is 10.7. The van der Waals surface area contributed by atoms with Crippen LogP contribution in [0.2, 0.25) is 5.02 Å². The van der Waals surface area contributed by atoms with Gasteiger partial charge in [-0.1, -0.05) is 11.6 Å². The number of benzene rings is 1. The third-order valence-electron chi connectivity index (χ3n) is 2.98. The number of nitro groups is 1. The predicted octanol–water partition coefficient (Wildman–Crippen LogP) is 1.56. The maximum atomic E-state index is 11.7. The van der Waals surface area contributed by atoms with Crippen molar-refractivity contribution in [3.63, 3.8) is 0 Å². The summed E-state index contributed by atoms with van der Waals surface area (Å²) in [6.07, 6.45) is 0.365.